The monoisotopic (exact) mass is 334 g/mol. The Kier molecular flexibility index (Phi) is 5.54. The van der Waals surface area contributed by atoms with Crippen LogP contribution < -0.4 is 10.1 Å². The number of hydrogen-bond donors (Lipinski definition) is 1. The number of benzene rings is 2. The van der Waals surface area contributed by atoms with Crippen LogP contribution in [0.2, 0.25) is 5.02 Å². The third-order valence-electron chi connectivity index (χ3n) is 3.09. The van der Waals surface area contributed by atoms with Crippen molar-refractivity contribution in [3.63, 3.8) is 0 Å². The number of rotatable bonds is 6. The van der Waals surface area contributed by atoms with Gasteiger partial charge in [-0.05, 0) is 24.6 Å². The molecule has 1 atom stereocenters. The van der Waals surface area contributed by atoms with E-state index in [0.717, 1.165) is 0 Å². The largest absolute Gasteiger partial charge is 0.479 e. The van der Waals surface area contributed by atoms with E-state index in [2.05, 4.69) is 5.32 Å². The standard InChI is InChI=1S/C16H15ClN2O4/c1-2-14(23-15-9-4-3-8-13(15)17)16(20)18-11-6-5-7-12(10-11)19(21)22/h3-10,14H,2H2,1H3,(H,18,20). The molecule has 0 aromatic heterocycles. The maximum Gasteiger partial charge on any atom is 0.271 e. The zero-order valence-electron chi connectivity index (χ0n) is 12.4. The maximum absolute atomic E-state index is 12.3. The molecule has 2 aromatic rings. The minimum Gasteiger partial charge on any atom is -0.479 e. The summed E-state index contributed by atoms with van der Waals surface area (Å²) in [7, 11) is 0. The second-order valence-electron chi connectivity index (χ2n) is 4.74. The van der Waals surface area contributed by atoms with Gasteiger partial charge in [0.15, 0.2) is 6.10 Å². The summed E-state index contributed by atoms with van der Waals surface area (Å²) in [5, 5.41) is 13.8. The number of non-ortho nitro benzene ring substituents is 1. The summed E-state index contributed by atoms with van der Waals surface area (Å²) in [5.74, 6) is 0.0168. The van der Waals surface area contributed by atoms with Gasteiger partial charge in [0, 0.05) is 17.8 Å². The van der Waals surface area contributed by atoms with E-state index in [1.165, 1.54) is 18.2 Å². The number of anilines is 1. The lowest BCUT2D eigenvalue weighted by Gasteiger charge is -2.18. The smallest absolute Gasteiger partial charge is 0.271 e. The molecule has 23 heavy (non-hydrogen) atoms. The minimum absolute atomic E-state index is 0.0946. The van der Waals surface area contributed by atoms with Crippen LogP contribution in [-0.2, 0) is 4.79 Å². The Hall–Kier alpha value is -2.60. The number of hydrogen-bond acceptors (Lipinski definition) is 4. The summed E-state index contributed by atoms with van der Waals surface area (Å²) in [5.41, 5.74) is 0.244. The van der Waals surface area contributed by atoms with Crippen LogP contribution in [0.15, 0.2) is 48.5 Å². The summed E-state index contributed by atoms with van der Waals surface area (Å²) >= 11 is 6.01. The van der Waals surface area contributed by atoms with E-state index < -0.39 is 16.9 Å². The first-order valence-corrected chi connectivity index (χ1v) is 7.35. The fraction of sp³-hybridized carbons (Fsp3) is 0.188. The van der Waals surface area contributed by atoms with Crippen molar-refractivity contribution in [1.82, 2.24) is 0 Å². The molecule has 0 radical (unpaired) electrons. The zero-order chi connectivity index (χ0) is 16.8. The van der Waals surface area contributed by atoms with Crippen molar-refractivity contribution in [2.75, 3.05) is 5.32 Å². The van der Waals surface area contributed by atoms with Crippen molar-refractivity contribution in [1.29, 1.82) is 0 Å². The highest BCUT2D eigenvalue weighted by molar-refractivity contribution is 6.32. The molecule has 2 rings (SSSR count). The van der Waals surface area contributed by atoms with Gasteiger partial charge in [0.2, 0.25) is 0 Å². The lowest BCUT2D eigenvalue weighted by molar-refractivity contribution is -0.384. The first-order valence-electron chi connectivity index (χ1n) is 6.97. The number of carbonyl (C=O) groups is 1. The van der Waals surface area contributed by atoms with Gasteiger partial charge in [-0.25, -0.2) is 0 Å². The van der Waals surface area contributed by atoms with Crippen molar-refractivity contribution in [2.45, 2.75) is 19.4 Å². The van der Waals surface area contributed by atoms with Crippen LogP contribution in [0, 0.1) is 10.1 Å². The number of nitro benzene ring substituents is 1. The van der Waals surface area contributed by atoms with Gasteiger partial charge in [-0.3, -0.25) is 14.9 Å². The van der Waals surface area contributed by atoms with Crippen LogP contribution in [0.3, 0.4) is 0 Å². The number of halogens is 1. The lowest BCUT2D eigenvalue weighted by Crippen LogP contribution is -2.32. The molecule has 0 fully saturated rings. The van der Waals surface area contributed by atoms with Crippen LogP contribution in [0.4, 0.5) is 11.4 Å². The van der Waals surface area contributed by atoms with E-state index in [-0.39, 0.29) is 5.69 Å². The molecule has 120 valence electrons. The van der Waals surface area contributed by atoms with Gasteiger partial charge in [-0.2, -0.15) is 0 Å². The van der Waals surface area contributed by atoms with E-state index in [9.17, 15) is 14.9 Å². The first kappa shape index (κ1) is 16.8. The molecule has 6 nitrogen and oxygen atoms in total. The molecule has 2 aromatic carbocycles. The topological polar surface area (TPSA) is 81.5 Å². The Labute approximate surface area is 138 Å². The van der Waals surface area contributed by atoms with Gasteiger partial charge in [-0.1, -0.05) is 36.7 Å². The van der Waals surface area contributed by atoms with Gasteiger partial charge < -0.3 is 10.1 Å². The molecule has 1 unspecified atom stereocenters. The molecule has 0 aliphatic heterocycles. The second kappa shape index (κ2) is 7.60. The molecular weight excluding hydrogens is 320 g/mol. The van der Waals surface area contributed by atoms with Gasteiger partial charge in [-0.15, -0.1) is 0 Å². The Morgan fingerprint density at radius 3 is 2.70 bits per heavy atom. The van der Waals surface area contributed by atoms with Gasteiger partial charge in [0.25, 0.3) is 11.6 Å². The number of carbonyl (C=O) groups excluding carboxylic acids is 1. The predicted octanol–water partition coefficient (Wildman–Crippen LogP) is 4.04. The van der Waals surface area contributed by atoms with Gasteiger partial charge >= 0.3 is 0 Å². The summed E-state index contributed by atoms with van der Waals surface area (Å²) < 4.78 is 5.63. The Bertz CT molecular complexity index is 721. The van der Waals surface area contributed by atoms with E-state index in [1.807, 2.05) is 0 Å². The van der Waals surface area contributed by atoms with Crippen LogP contribution in [0.25, 0.3) is 0 Å². The summed E-state index contributed by atoms with van der Waals surface area (Å²) in [4.78, 5) is 22.5. The zero-order valence-corrected chi connectivity index (χ0v) is 13.1. The molecule has 0 bridgehead atoms. The number of para-hydroxylation sites is 1. The summed E-state index contributed by atoms with van der Waals surface area (Å²) in [6, 6.07) is 12.6. The van der Waals surface area contributed by atoms with Crippen molar-refractivity contribution in [2.24, 2.45) is 0 Å². The Balaban J connectivity index is 2.10. The molecule has 7 heteroatoms. The van der Waals surface area contributed by atoms with Crippen LogP contribution in [-0.4, -0.2) is 16.9 Å². The van der Waals surface area contributed by atoms with Crippen molar-refractivity contribution in [3.05, 3.63) is 63.7 Å². The average molecular weight is 335 g/mol. The highest BCUT2D eigenvalue weighted by Crippen LogP contribution is 2.25. The number of amides is 1. The lowest BCUT2D eigenvalue weighted by atomic mass is 10.2. The van der Waals surface area contributed by atoms with Crippen molar-refractivity contribution in [3.8, 4) is 5.75 Å². The van der Waals surface area contributed by atoms with Crippen molar-refractivity contribution < 1.29 is 14.5 Å². The molecule has 0 saturated heterocycles. The Morgan fingerprint density at radius 2 is 2.04 bits per heavy atom. The summed E-state index contributed by atoms with van der Waals surface area (Å²) in [6.07, 6.45) is -0.333. The van der Waals surface area contributed by atoms with E-state index in [0.29, 0.717) is 22.9 Å². The fourth-order valence-electron chi connectivity index (χ4n) is 1.94. The van der Waals surface area contributed by atoms with Gasteiger partial charge in [0.05, 0.1) is 9.95 Å². The van der Waals surface area contributed by atoms with Crippen molar-refractivity contribution >= 4 is 28.9 Å². The summed E-state index contributed by atoms with van der Waals surface area (Å²) in [6.45, 7) is 1.80. The molecule has 0 aliphatic carbocycles. The number of nitrogens with zero attached hydrogens (tertiary/aromatic N) is 1. The molecule has 0 spiro atoms. The van der Waals surface area contributed by atoms with E-state index >= 15 is 0 Å². The van der Waals surface area contributed by atoms with E-state index in [1.54, 1.807) is 37.3 Å². The third-order valence-corrected chi connectivity index (χ3v) is 3.41. The SMILES string of the molecule is CCC(Oc1ccccc1Cl)C(=O)Nc1cccc([N+](=O)[O-])c1. The highest BCUT2D eigenvalue weighted by atomic mass is 35.5. The predicted molar refractivity (Wildman–Crippen MR) is 87.9 cm³/mol. The highest BCUT2D eigenvalue weighted by Gasteiger charge is 2.20. The third kappa shape index (κ3) is 4.43. The average Bonchev–Trinajstić information content (AvgIpc) is 2.54. The maximum atomic E-state index is 12.3. The molecule has 0 heterocycles. The first-order chi connectivity index (χ1) is 11.0. The number of nitro groups is 1. The normalized spacial score (nSPS) is 11.6. The van der Waals surface area contributed by atoms with Gasteiger partial charge in [0.1, 0.15) is 5.75 Å². The molecule has 1 N–H and O–H groups in total. The molecular formula is C16H15ClN2O4. The van der Waals surface area contributed by atoms with E-state index in [4.69, 9.17) is 16.3 Å². The molecule has 0 saturated carbocycles. The molecule has 1 amide bonds. The second-order valence-corrected chi connectivity index (χ2v) is 5.15. The van der Waals surface area contributed by atoms with Crippen LogP contribution in [0.1, 0.15) is 13.3 Å². The number of nitrogens with one attached hydrogen (secondary N) is 1. The quantitative estimate of drug-likeness (QED) is 0.638. The minimum atomic E-state index is -0.755. The number of ether oxygens (including phenoxy) is 1. The fourth-order valence-corrected chi connectivity index (χ4v) is 2.12. The Morgan fingerprint density at radius 1 is 1.30 bits per heavy atom. The van der Waals surface area contributed by atoms with Crippen LogP contribution in [0.5, 0.6) is 5.75 Å². The molecule has 0 aliphatic rings. The van der Waals surface area contributed by atoms with Crippen LogP contribution >= 0.6 is 11.6 Å².